The Bertz CT molecular complexity index is 629. The van der Waals surface area contributed by atoms with Crippen LogP contribution in [0.15, 0.2) is 29.2 Å². The van der Waals surface area contributed by atoms with Gasteiger partial charge in [-0.15, -0.1) is 0 Å². The van der Waals surface area contributed by atoms with Gasteiger partial charge in [0.05, 0.1) is 4.90 Å². The van der Waals surface area contributed by atoms with Crippen LogP contribution < -0.4 is 10.0 Å². The number of sulfonamides is 1. The van der Waals surface area contributed by atoms with E-state index >= 15 is 0 Å². The topological polar surface area (TPSA) is 80.5 Å². The van der Waals surface area contributed by atoms with E-state index in [1.54, 1.807) is 24.1 Å². The SMILES string of the molecule is CN(C(=O)C1C2CCCC21)c1ccc(S(N)(=O)=O)cc1. The summed E-state index contributed by atoms with van der Waals surface area (Å²) >= 11 is 0. The van der Waals surface area contributed by atoms with Crippen molar-refractivity contribution in [3.8, 4) is 0 Å². The zero-order valence-electron chi connectivity index (χ0n) is 11.3. The first kappa shape index (κ1) is 13.6. The zero-order valence-corrected chi connectivity index (χ0v) is 12.1. The number of nitrogens with two attached hydrogens (primary N) is 1. The van der Waals surface area contributed by atoms with Crippen molar-refractivity contribution in [2.24, 2.45) is 22.9 Å². The summed E-state index contributed by atoms with van der Waals surface area (Å²) in [6, 6.07) is 6.11. The molecule has 2 fully saturated rings. The van der Waals surface area contributed by atoms with E-state index in [1.807, 2.05) is 0 Å². The fraction of sp³-hybridized carbons (Fsp3) is 0.500. The van der Waals surface area contributed by atoms with Crippen molar-refractivity contribution in [2.45, 2.75) is 24.2 Å². The summed E-state index contributed by atoms with van der Waals surface area (Å²) in [5.41, 5.74) is 0.701. The molecule has 0 saturated heterocycles. The lowest BCUT2D eigenvalue weighted by Gasteiger charge is -2.18. The van der Waals surface area contributed by atoms with E-state index in [4.69, 9.17) is 5.14 Å². The first-order valence-electron chi connectivity index (χ1n) is 6.80. The Kier molecular flexibility index (Phi) is 3.10. The highest BCUT2D eigenvalue weighted by Gasteiger charge is 2.57. The molecule has 2 aliphatic carbocycles. The van der Waals surface area contributed by atoms with Crippen LogP contribution in [0.3, 0.4) is 0 Å². The van der Waals surface area contributed by atoms with Crippen molar-refractivity contribution < 1.29 is 13.2 Å². The van der Waals surface area contributed by atoms with Gasteiger partial charge in [0.15, 0.2) is 0 Å². The van der Waals surface area contributed by atoms with Crippen LogP contribution in [-0.2, 0) is 14.8 Å². The molecular formula is C14H18N2O3S. The molecule has 0 bridgehead atoms. The van der Waals surface area contributed by atoms with E-state index in [2.05, 4.69) is 0 Å². The number of rotatable bonds is 3. The number of nitrogens with zero attached hydrogens (tertiary/aromatic N) is 1. The van der Waals surface area contributed by atoms with Gasteiger partial charge in [0.1, 0.15) is 0 Å². The first-order valence-corrected chi connectivity index (χ1v) is 8.34. The van der Waals surface area contributed by atoms with Crippen LogP contribution >= 0.6 is 0 Å². The van der Waals surface area contributed by atoms with E-state index in [0.29, 0.717) is 17.5 Å². The molecule has 0 aromatic heterocycles. The zero-order chi connectivity index (χ0) is 14.5. The lowest BCUT2D eigenvalue weighted by molar-refractivity contribution is -0.120. The van der Waals surface area contributed by atoms with Crippen molar-refractivity contribution >= 4 is 21.6 Å². The largest absolute Gasteiger partial charge is 0.315 e. The smallest absolute Gasteiger partial charge is 0.238 e. The minimum Gasteiger partial charge on any atom is -0.315 e. The molecule has 0 spiro atoms. The van der Waals surface area contributed by atoms with Crippen molar-refractivity contribution in [2.75, 3.05) is 11.9 Å². The van der Waals surface area contributed by atoms with Crippen LogP contribution in [0.5, 0.6) is 0 Å². The quantitative estimate of drug-likeness (QED) is 0.913. The molecular weight excluding hydrogens is 276 g/mol. The number of hydrogen-bond donors (Lipinski definition) is 1. The highest BCUT2D eigenvalue weighted by Crippen LogP contribution is 2.58. The van der Waals surface area contributed by atoms with E-state index in [0.717, 1.165) is 0 Å². The van der Waals surface area contributed by atoms with Crippen LogP contribution in [-0.4, -0.2) is 21.4 Å². The van der Waals surface area contributed by atoms with E-state index in [-0.39, 0.29) is 16.7 Å². The molecule has 2 saturated carbocycles. The Morgan fingerprint density at radius 1 is 1.20 bits per heavy atom. The molecule has 2 atom stereocenters. The van der Waals surface area contributed by atoms with Gasteiger partial charge in [0.2, 0.25) is 15.9 Å². The molecule has 2 unspecified atom stereocenters. The van der Waals surface area contributed by atoms with Gasteiger partial charge in [0, 0.05) is 18.7 Å². The molecule has 108 valence electrons. The van der Waals surface area contributed by atoms with Gasteiger partial charge in [-0.05, 0) is 48.9 Å². The number of fused-ring (bicyclic) bond motifs is 1. The summed E-state index contributed by atoms with van der Waals surface area (Å²) < 4.78 is 22.4. The van der Waals surface area contributed by atoms with Crippen molar-refractivity contribution in [3.63, 3.8) is 0 Å². The summed E-state index contributed by atoms with van der Waals surface area (Å²) in [7, 11) is -1.95. The summed E-state index contributed by atoms with van der Waals surface area (Å²) in [5.74, 6) is 1.47. The number of carbonyl (C=O) groups is 1. The maximum absolute atomic E-state index is 12.4. The first-order chi connectivity index (χ1) is 9.39. The summed E-state index contributed by atoms with van der Waals surface area (Å²) in [5, 5.41) is 5.05. The summed E-state index contributed by atoms with van der Waals surface area (Å²) in [4.78, 5) is 14.1. The lowest BCUT2D eigenvalue weighted by atomic mass is 10.1. The third kappa shape index (κ3) is 2.23. The second-order valence-corrected chi connectivity index (χ2v) is 7.28. The maximum Gasteiger partial charge on any atom is 0.238 e. The Balaban J connectivity index is 1.74. The Morgan fingerprint density at radius 2 is 1.75 bits per heavy atom. The van der Waals surface area contributed by atoms with Crippen LogP contribution in [0.25, 0.3) is 0 Å². The Hall–Kier alpha value is -1.40. The second kappa shape index (κ2) is 4.56. The van der Waals surface area contributed by atoms with Crippen LogP contribution in [0.2, 0.25) is 0 Å². The standard InChI is InChI=1S/C14H18N2O3S/c1-16(14(17)13-11-3-2-4-12(11)13)9-5-7-10(8-6-9)20(15,18)19/h5-8,11-13H,2-4H2,1H3,(H2,15,18,19). The predicted molar refractivity (Wildman–Crippen MR) is 75.5 cm³/mol. The maximum atomic E-state index is 12.4. The third-order valence-electron chi connectivity index (χ3n) is 4.57. The number of benzene rings is 1. The molecule has 1 amide bonds. The fourth-order valence-electron chi connectivity index (χ4n) is 3.40. The molecule has 1 aromatic rings. The van der Waals surface area contributed by atoms with Gasteiger partial charge < -0.3 is 4.90 Å². The number of carbonyl (C=O) groups excluding carboxylic acids is 1. The molecule has 6 heteroatoms. The van der Waals surface area contributed by atoms with Crippen LogP contribution in [0.4, 0.5) is 5.69 Å². The third-order valence-corrected chi connectivity index (χ3v) is 5.50. The van der Waals surface area contributed by atoms with Crippen molar-refractivity contribution in [1.29, 1.82) is 0 Å². The predicted octanol–water partition coefficient (Wildman–Crippen LogP) is 1.34. The molecule has 0 heterocycles. The van der Waals surface area contributed by atoms with Gasteiger partial charge >= 0.3 is 0 Å². The van der Waals surface area contributed by atoms with Gasteiger partial charge in [-0.3, -0.25) is 4.79 Å². The van der Waals surface area contributed by atoms with Crippen LogP contribution in [0.1, 0.15) is 19.3 Å². The van der Waals surface area contributed by atoms with Crippen LogP contribution in [0, 0.1) is 17.8 Å². The summed E-state index contributed by atoms with van der Waals surface area (Å²) in [6.45, 7) is 0. The van der Waals surface area contributed by atoms with Gasteiger partial charge in [-0.25, -0.2) is 13.6 Å². The Labute approximate surface area is 118 Å². The molecule has 0 radical (unpaired) electrons. The molecule has 2 N–H and O–H groups in total. The fourth-order valence-corrected chi connectivity index (χ4v) is 3.91. The number of hydrogen-bond acceptors (Lipinski definition) is 3. The van der Waals surface area contributed by atoms with E-state index in [9.17, 15) is 13.2 Å². The minimum atomic E-state index is -3.69. The highest BCUT2D eigenvalue weighted by atomic mass is 32.2. The van der Waals surface area contributed by atoms with Crippen molar-refractivity contribution in [1.82, 2.24) is 0 Å². The number of amides is 1. The van der Waals surface area contributed by atoms with E-state index < -0.39 is 10.0 Å². The molecule has 3 rings (SSSR count). The second-order valence-electron chi connectivity index (χ2n) is 5.72. The van der Waals surface area contributed by atoms with Gasteiger partial charge in [-0.1, -0.05) is 6.42 Å². The molecule has 0 aliphatic heterocycles. The van der Waals surface area contributed by atoms with E-state index in [1.165, 1.54) is 31.4 Å². The van der Waals surface area contributed by atoms with Gasteiger partial charge in [-0.2, -0.15) is 0 Å². The molecule has 1 aromatic carbocycles. The highest BCUT2D eigenvalue weighted by molar-refractivity contribution is 7.89. The molecule has 20 heavy (non-hydrogen) atoms. The number of anilines is 1. The van der Waals surface area contributed by atoms with Crippen molar-refractivity contribution in [3.05, 3.63) is 24.3 Å². The lowest BCUT2D eigenvalue weighted by Crippen LogP contribution is -2.29. The summed E-state index contributed by atoms with van der Waals surface area (Å²) in [6.07, 6.45) is 3.57. The van der Waals surface area contributed by atoms with Gasteiger partial charge in [0.25, 0.3) is 0 Å². The number of primary sulfonamides is 1. The monoisotopic (exact) mass is 294 g/mol. The average Bonchev–Trinajstić information content (AvgIpc) is 2.88. The minimum absolute atomic E-state index is 0.0605. The average molecular weight is 294 g/mol. The molecule has 2 aliphatic rings. The Morgan fingerprint density at radius 3 is 2.25 bits per heavy atom. The molecule has 5 nitrogen and oxygen atoms in total. The normalized spacial score (nSPS) is 28.0.